The number of hydrogen-bond donors (Lipinski definition) is 0. The maximum absolute atomic E-state index is 6.04. The van der Waals surface area contributed by atoms with Crippen LogP contribution in [0.25, 0.3) is 34.4 Å². The highest BCUT2D eigenvalue weighted by molar-refractivity contribution is 5.82. The Morgan fingerprint density at radius 1 is 0.611 bits per heavy atom. The lowest BCUT2D eigenvalue weighted by atomic mass is 10.1. The van der Waals surface area contributed by atoms with Crippen molar-refractivity contribution in [2.75, 3.05) is 0 Å². The lowest BCUT2D eigenvalue weighted by Crippen LogP contribution is -2.33. The number of pyridine rings is 2. The van der Waals surface area contributed by atoms with Gasteiger partial charge >= 0.3 is 0 Å². The van der Waals surface area contributed by atoms with Gasteiger partial charge in [0.05, 0.1) is 0 Å². The Hall–Kier alpha value is -4.58. The lowest BCUT2D eigenvalue weighted by Gasteiger charge is -2.02. The second kappa shape index (κ2) is 9.23. The van der Waals surface area contributed by atoms with E-state index in [1.165, 1.54) is 11.1 Å². The van der Waals surface area contributed by atoms with Gasteiger partial charge in [-0.1, -0.05) is 24.3 Å². The molecule has 36 heavy (non-hydrogen) atoms. The van der Waals surface area contributed by atoms with E-state index < -0.39 is 0 Å². The zero-order valence-electron chi connectivity index (χ0n) is 20.3. The summed E-state index contributed by atoms with van der Waals surface area (Å²) in [4.78, 5) is 9.57. The van der Waals surface area contributed by atoms with Crippen LogP contribution in [0.15, 0.2) is 94.3 Å². The summed E-state index contributed by atoms with van der Waals surface area (Å²) in [5.41, 5.74) is 7.94. The SMILES string of the molecule is Cc1ccc2oc(C=Cc3nc4c(C[n+]5ccccc5)c(C)ccc4o3)nc2c1C[n+]1ccccc1. The smallest absolute Gasteiger partial charge is 0.220 e. The molecule has 0 saturated carbocycles. The molecule has 0 amide bonds. The molecule has 6 rings (SSSR count). The molecule has 0 atom stereocenters. The second-order valence-electron chi connectivity index (χ2n) is 8.95. The summed E-state index contributed by atoms with van der Waals surface area (Å²) in [7, 11) is 0. The third-order valence-electron chi connectivity index (χ3n) is 6.44. The molecule has 0 radical (unpaired) electrons. The van der Waals surface area contributed by atoms with E-state index in [1.807, 2.05) is 60.7 Å². The Morgan fingerprint density at radius 3 is 1.44 bits per heavy atom. The molecule has 0 saturated heterocycles. The average Bonchev–Trinajstić information content (AvgIpc) is 3.52. The highest BCUT2D eigenvalue weighted by atomic mass is 16.4. The molecule has 4 heterocycles. The summed E-state index contributed by atoms with van der Waals surface area (Å²) in [6, 6.07) is 20.2. The van der Waals surface area contributed by atoms with Gasteiger partial charge in [0.1, 0.15) is 11.0 Å². The summed E-state index contributed by atoms with van der Waals surface area (Å²) in [5, 5.41) is 0. The van der Waals surface area contributed by atoms with E-state index >= 15 is 0 Å². The van der Waals surface area contributed by atoms with Gasteiger partial charge in [-0.25, -0.2) is 19.1 Å². The molecule has 0 aliphatic rings. The van der Waals surface area contributed by atoms with Crippen LogP contribution in [0.2, 0.25) is 0 Å². The predicted molar refractivity (Wildman–Crippen MR) is 138 cm³/mol. The van der Waals surface area contributed by atoms with E-state index in [-0.39, 0.29) is 0 Å². The van der Waals surface area contributed by atoms with Crippen molar-refractivity contribution in [3.05, 3.63) is 119 Å². The minimum Gasteiger partial charge on any atom is -0.437 e. The Balaban J connectivity index is 1.32. The second-order valence-corrected chi connectivity index (χ2v) is 8.95. The minimum atomic E-state index is 0.522. The van der Waals surface area contributed by atoms with Crippen LogP contribution >= 0.6 is 0 Å². The van der Waals surface area contributed by atoms with Crippen LogP contribution in [-0.2, 0) is 13.1 Å². The summed E-state index contributed by atoms with van der Waals surface area (Å²) < 4.78 is 16.4. The van der Waals surface area contributed by atoms with Gasteiger partial charge in [-0.15, -0.1) is 0 Å². The first-order chi connectivity index (χ1) is 17.6. The van der Waals surface area contributed by atoms with Crippen molar-refractivity contribution in [1.29, 1.82) is 0 Å². The molecule has 0 bridgehead atoms. The zero-order chi connectivity index (χ0) is 24.5. The standard InChI is InChI=1S/C30H26N4O2/c1-21-9-11-25-29(23(21)19-33-15-5-3-6-16-33)31-27(35-25)13-14-28-32-30-24(20-34-17-7-4-8-18-34)22(2)10-12-26(30)36-28/h3-18H,19-20H2,1-2H3/q+2. The average molecular weight is 475 g/mol. The fourth-order valence-electron chi connectivity index (χ4n) is 4.46. The van der Waals surface area contributed by atoms with Crippen LogP contribution in [0.4, 0.5) is 0 Å². The molecule has 6 aromatic rings. The number of aromatic nitrogens is 4. The van der Waals surface area contributed by atoms with E-state index in [9.17, 15) is 0 Å². The third kappa shape index (κ3) is 4.29. The van der Waals surface area contributed by atoms with Gasteiger partial charge in [0, 0.05) is 47.5 Å². The normalized spacial score (nSPS) is 11.7. The van der Waals surface area contributed by atoms with Crippen LogP contribution in [0.1, 0.15) is 34.0 Å². The molecule has 176 valence electrons. The van der Waals surface area contributed by atoms with Crippen LogP contribution < -0.4 is 9.13 Å². The molecule has 0 aliphatic carbocycles. The lowest BCUT2D eigenvalue weighted by molar-refractivity contribution is -0.688. The molecule has 0 aliphatic heterocycles. The molecule has 2 aromatic carbocycles. The maximum atomic E-state index is 6.04. The number of benzene rings is 2. The number of oxazole rings is 2. The minimum absolute atomic E-state index is 0.522. The van der Waals surface area contributed by atoms with Gasteiger partial charge in [0.15, 0.2) is 49.0 Å². The molecule has 0 unspecified atom stereocenters. The van der Waals surface area contributed by atoms with E-state index in [0.717, 1.165) is 46.4 Å². The number of rotatable bonds is 6. The van der Waals surface area contributed by atoms with Gasteiger partial charge in [0.25, 0.3) is 0 Å². The van der Waals surface area contributed by atoms with Crippen LogP contribution in [0, 0.1) is 13.8 Å². The number of fused-ring (bicyclic) bond motifs is 2. The summed E-state index contributed by atoms with van der Waals surface area (Å²) in [6.07, 6.45) is 11.9. The number of aryl methyl sites for hydroxylation is 2. The third-order valence-corrected chi connectivity index (χ3v) is 6.44. The van der Waals surface area contributed by atoms with E-state index in [0.29, 0.717) is 11.8 Å². The van der Waals surface area contributed by atoms with Crippen molar-refractivity contribution in [2.24, 2.45) is 0 Å². The molecule has 0 fully saturated rings. The summed E-state index contributed by atoms with van der Waals surface area (Å²) in [5.74, 6) is 1.04. The fraction of sp³-hybridized carbons (Fsp3) is 0.133. The Labute approximate surface area is 208 Å². The van der Waals surface area contributed by atoms with Crippen LogP contribution in [0.3, 0.4) is 0 Å². The summed E-state index contributed by atoms with van der Waals surface area (Å²) >= 11 is 0. The summed E-state index contributed by atoms with van der Waals surface area (Å²) in [6.45, 7) is 5.67. The van der Waals surface area contributed by atoms with E-state index in [1.54, 1.807) is 0 Å². The molecule has 6 nitrogen and oxygen atoms in total. The monoisotopic (exact) mass is 474 g/mol. The van der Waals surface area contributed by atoms with E-state index in [4.69, 9.17) is 18.8 Å². The Kier molecular flexibility index (Phi) is 5.62. The van der Waals surface area contributed by atoms with Crippen molar-refractivity contribution >= 4 is 34.4 Å². The molecular formula is C30H26N4O2+2. The van der Waals surface area contributed by atoms with Gasteiger partial charge in [-0.2, -0.15) is 0 Å². The first-order valence-electron chi connectivity index (χ1n) is 12.0. The number of hydrogen-bond acceptors (Lipinski definition) is 4. The number of nitrogens with zero attached hydrogens (tertiary/aromatic N) is 4. The molecule has 0 spiro atoms. The van der Waals surface area contributed by atoms with Crippen LogP contribution in [0.5, 0.6) is 0 Å². The first kappa shape index (κ1) is 21.9. The van der Waals surface area contributed by atoms with Crippen LogP contribution in [-0.4, -0.2) is 9.97 Å². The topological polar surface area (TPSA) is 59.8 Å². The highest BCUT2D eigenvalue weighted by Gasteiger charge is 2.17. The predicted octanol–water partition coefficient (Wildman–Crippen LogP) is 5.43. The maximum Gasteiger partial charge on any atom is 0.220 e. The van der Waals surface area contributed by atoms with Crippen molar-refractivity contribution in [3.63, 3.8) is 0 Å². The first-order valence-corrected chi connectivity index (χ1v) is 12.0. The Bertz CT molecular complexity index is 1570. The molecular weight excluding hydrogens is 448 g/mol. The highest BCUT2D eigenvalue weighted by Crippen LogP contribution is 2.26. The molecule has 4 aromatic heterocycles. The van der Waals surface area contributed by atoms with Crippen molar-refractivity contribution < 1.29 is 18.0 Å². The van der Waals surface area contributed by atoms with Crippen molar-refractivity contribution in [2.45, 2.75) is 26.9 Å². The molecule has 0 N–H and O–H groups in total. The van der Waals surface area contributed by atoms with Gasteiger partial charge < -0.3 is 8.83 Å². The van der Waals surface area contributed by atoms with E-state index in [2.05, 4.69) is 59.9 Å². The van der Waals surface area contributed by atoms with Gasteiger partial charge in [-0.3, -0.25) is 0 Å². The zero-order valence-corrected chi connectivity index (χ0v) is 20.3. The Morgan fingerprint density at radius 2 is 1.03 bits per heavy atom. The van der Waals surface area contributed by atoms with Crippen molar-refractivity contribution in [3.8, 4) is 0 Å². The van der Waals surface area contributed by atoms with Gasteiger partial charge in [-0.05, 0) is 37.1 Å². The quantitative estimate of drug-likeness (QED) is 0.302. The van der Waals surface area contributed by atoms with Gasteiger partial charge in [0.2, 0.25) is 11.8 Å². The fourth-order valence-corrected chi connectivity index (χ4v) is 4.46. The molecule has 6 heteroatoms. The van der Waals surface area contributed by atoms with Crippen molar-refractivity contribution in [1.82, 2.24) is 9.97 Å². The largest absolute Gasteiger partial charge is 0.437 e.